The lowest BCUT2D eigenvalue weighted by atomic mass is 9.62. The fourth-order valence-electron chi connectivity index (χ4n) is 4.71. The molecule has 0 unspecified atom stereocenters. The highest BCUT2D eigenvalue weighted by Gasteiger charge is 2.47. The van der Waals surface area contributed by atoms with E-state index in [4.69, 9.17) is 14.9 Å². The first kappa shape index (κ1) is 26.1. The first-order chi connectivity index (χ1) is 14.4. The van der Waals surface area contributed by atoms with Crippen LogP contribution >= 0.6 is 0 Å². The highest BCUT2D eigenvalue weighted by molar-refractivity contribution is 5.89. The molecule has 2 aliphatic rings. The molecule has 0 heterocycles. The van der Waals surface area contributed by atoms with Crippen molar-refractivity contribution in [2.45, 2.75) is 78.1 Å². The zero-order chi connectivity index (χ0) is 22.4. The standard InChI is InChI=1S/C19H35NO2.C4H4O4/c1-3-20(4-2)15-16-22-18(21)19(13-9-6-10-14-19)17-11-7-5-8-12-17;5-3(6)1-2-4(7)8/h17H,3-16H2,1-2H3;1-2H,(H,5,6)(H,7,8)/b;2-1+. The smallest absolute Gasteiger partial charge is 0.328 e. The van der Waals surface area contributed by atoms with E-state index < -0.39 is 11.9 Å². The van der Waals surface area contributed by atoms with Crippen molar-refractivity contribution in [1.29, 1.82) is 0 Å². The zero-order valence-corrected chi connectivity index (χ0v) is 18.6. The molecule has 7 nitrogen and oxygen atoms in total. The predicted molar refractivity (Wildman–Crippen MR) is 115 cm³/mol. The molecule has 0 aromatic rings. The molecule has 0 atom stereocenters. The fraction of sp³-hybridized carbons (Fsp3) is 0.783. The van der Waals surface area contributed by atoms with Crippen molar-refractivity contribution in [1.82, 2.24) is 4.90 Å². The van der Waals surface area contributed by atoms with Gasteiger partial charge in [0.05, 0.1) is 5.41 Å². The van der Waals surface area contributed by atoms with Crippen LogP contribution in [0.1, 0.15) is 78.1 Å². The van der Waals surface area contributed by atoms with Crippen LogP contribution in [-0.2, 0) is 19.1 Å². The van der Waals surface area contributed by atoms with Gasteiger partial charge in [-0.1, -0.05) is 52.4 Å². The third-order valence-electron chi connectivity index (χ3n) is 6.44. The Balaban J connectivity index is 0.000000479. The molecule has 0 amide bonds. The minimum Gasteiger partial charge on any atom is -0.478 e. The molecule has 0 radical (unpaired) electrons. The maximum atomic E-state index is 12.9. The monoisotopic (exact) mass is 425 g/mol. The Morgan fingerprint density at radius 3 is 1.87 bits per heavy atom. The van der Waals surface area contributed by atoms with Crippen LogP contribution < -0.4 is 0 Å². The van der Waals surface area contributed by atoms with Crippen molar-refractivity contribution in [2.24, 2.45) is 11.3 Å². The molecule has 2 fully saturated rings. The van der Waals surface area contributed by atoms with Crippen molar-refractivity contribution in [3.05, 3.63) is 12.2 Å². The maximum Gasteiger partial charge on any atom is 0.328 e. The molecule has 30 heavy (non-hydrogen) atoms. The number of hydrogen-bond acceptors (Lipinski definition) is 5. The molecule has 0 aromatic carbocycles. The summed E-state index contributed by atoms with van der Waals surface area (Å²) >= 11 is 0. The topological polar surface area (TPSA) is 104 Å². The molecule has 0 saturated heterocycles. The van der Waals surface area contributed by atoms with Crippen LogP contribution in [0.4, 0.5) is 0 Å². The Bertz CT molecular complexity index is 542. The third kappa shape index (κ3) is 8.86. The minimum atomic E-state index is -1.26. The Hall–Kier alpha value is -1.89. The minimum absolute atomic E-state index is 0.131. The number of carbonyl (C=O) groups excluding carboxylic acids is 1. The summed E-state index contributed by atoms with van der Waals surface area (Å²) in [5, 5.41) is 15.6. The van der Waals surface area contributed by atoms with Crippen LogP contribution in [0, 0.1) is 11.3 Å². The molecule has 0 aliphatic heterocycles. The Kier molecular flexibility index (Phi) is 12.4. The molecule has 172 valence electrons. The van der Waals surface area contributed by atoms with Gasteiger partial charge in [-0.25, -0.2) is 9.59 Å². The number of likely N-dealkylation sites (N-methyl/N-ethyl adjacent to an activating group) is 1. The number of carbonyl (C=O) groups is 3. The first-order valence-corrected chi connectivity index (χ1v) is 11.4. The van der Waals surface area contributed by atoms with Crippen molar-refractivity contribution in [3.63, 3.8) is 0 Å². The van der Waals surface area contributed by atoms with E-state index in [0.717, 1.165) is 32.5 Å². The van der Waals surface area contributed by atoms with Gasteiger partial charge in [0, 0.05) is 18.7 Å². The molecule has 7 heteroatoms. The van der Waals surface area contributed by atoms with Crippen LogP contribution in [0.3, 0.4) is 0 Å². The number of aliphatic carboxylic acids is 2. The summed E-state index contributed by atoms with van der Waals surface area (Å²) in [5.74, 6) is -1.80. The van der Waals surface area contributed by atoms with Crippen molar-refractivity contribution < 1.29 is 29.3 Å². The van der Waals surface area contributed by atoms with E-state index >= 15 is 0 Å². The van der Waals surface area contributed by atoms with Crippen LogP contribution in [0.25, 0.3) is 0 Å². The van der Waals surface area contributed by atoms with E-state index in [1.165, 1.54) is 51.4 Å². The number of nitrogens with zero attached hydrogens (tertiary/aromatic N) is 1. The number of carboxylic acids is 2. The average molecular weight is 426 g/mol. The van der Waals surface area contributed by atoms with Gasteiger partial charge >= 0.3 is 17.9 Å². The van der Waals surface area contributed by atoms with E-state index in [0.29, 0.717) is 24.7 Å². The van der Waals surface area contributed by atoms with E-state index in [-0.39, 0.29) is 11.4 Å². The number of esters is 1. The lowest BCUT2D eigenvalue weighted by molar-refractivity contribution is -0.164. The van der Waals surface area contributed by atoms with Crippen LogP contribution in [0.15, 0.2) is 12.2 Å². The molecule has 2 rings (SSSR count). The summed E-state index contributed by atoms with van der Waals surface area (Å²) in [5.41, 5.74) is -0.137. The lowest BCUT2D eigenvalue weighted by Gasteiger charge is -2.43. The van der Waals surface area contributed by atoms with Gasteiger partial charge in [0.25, 0.3) is 0 Å². The summed E-state index contributed by atoms with van der Waals surface area (Å²) in [6.45, 7) is 7.82. The van der Waals surface area contributed by atoms with Crippen LogP contribution in [0.2, 0.25) is 0 Å². The number of ether oxygens (including phenoxy) is 1. The fourth-order valence-corrected chi connectivity index (χ4v) is 4.71. The van der Waals surface area contributed by atoms with E-state index in [2.05, 4.69) is 18.7 Å². The third-order valence-corrected chi connectivity index (χ3v) is 6.44. The van der Waals surface area contributed by atoms with Crippen molar-refractivity contribution >= 4 is 17.9 Å². The number of carboxylic acid groups (broad SMARTS) is 2. The van der Waals surface area contributed by atoms with E-state index in [1.54, 1.807) is 0 Å². The summed E-state index contributed by atoms with van der Waals surface area (Å²) in [4.78, 5) is 34.4. The highest BCUT2D eigenvalue weighted by atomic mass is 16.5. The van der Waals surface area contributed by atoms with Gasteiger partial charge in [-0.3, -0.25) is 4.79 Å². The SMILES string of the molecule is CCN(CC)CCOC(=O)C1(C2CCCCC2)CCCCC1.O=C(O)/C=C/C(=O)O. The van der Waals surface area contributed by atoms with Gasteiger partial charge in [-0.05, 0) is 44.7 Å². The summed E-state index contributed by atoms with van der Waals surface area (Å²) in [6.07, 6.45) is 13.4. The molecule has 0 bridgehead atoms. The Morgan fingerprint density at radius 2 is 1.40 bits per heavy atom. The van der Waals surface area contributed by atoms with E-state index in [9.17, 15) is 14.4 Å². The predicted octanol–water partition coefficient (Wildman–Crippen LogP) is 4.11. The van der Waals surface area contributed by atoms with Crippen molar-refractivity contribution in [2.75, 3.05) is 26.2 Å². The largest absolute Gasteiger partial charge is 0.478 e. The second-order valence-corrected chi connectivity index (χ2v) is 8.22. The summed E-state index contributed by atoms with van der Waals surface area (Å²) < 4.78 is 5.79. The first-order valence-electron chi connectivity index (χ1n) is 11.4. The molecular weight excluding hydrogens is 386 g/mol. The summed E-state index contributed by atoms with van der Waals surface area (Å²) in [7, 11) is 0. The summed E-state index contributed by atoms with van der Waals surface area (Å²) in [6, 6.07) is 0. The van der Waals surface area contributed by atoms with Crippen LogP contribution in [-0.4, -0.2) is 59.3 Å². The quantitative estimate of drug-likeness (QED) is 0.423. The molecule has 2 saturated carbocycles. The molecule has 2 aliphatic carbocycles. The van der Waals surface area contributed by atoms with Gasteiger partial charge in [0.15, 0.2) is 0 Å². The molecule has 0 aromatic heterocycles. The number of rotatable bonds is 9. The lowest BCUT2D eigenvalue weighted by Crippen LogP contribution is -2.43. The maximum absolute atomic E-state index is 12.9. The molecule has 0 spiro atoms. The second kappa shape index (κ2) is 14.2. The average Bonchev–Trinajstić information content (AvgIpc) is 2.76. The van der Waals surface area contributed by atoms with Gasteiger partial charge in [-0.2, -0.15) is 0 Å². The second-order valence-electron chi connectivity index (χ2n) is 8.22. The molecular formula is C23H39NO6. The highest BCUT2D eigenvalue weighted by Crippen LogP contribution is 2.49. The molecule has 2 N–H and O–H groups in total. The Morgan fingerprint density at radius 1 is 0.900 bits per heavy atom. The zero-order valence-electron chi connectivity index (χ0n) is 18.6. The normalized spacial score (nSPS) is 19.2. The van der Waals surface area contributed by atoms with E-state index in [1.807, 2.05) is 0 Å². The van der Waals surface area contributed by atoms with Gasteiger partial charge in [-0.15, -0.1) is 0 Å². The number of hydrogen-bond donors (Lipinski definition) is 2. The van der Waals surface area contributed by atoms with Gasteiger partial charge in [0.2, 0.25) is 0 Å². The van der Waals surface area contributed by atoms with Gasteiger partial charge < -0.3 is 19.8 Å². The van der Waals surface area contributed by atoms with Crippen molar-refractivity contribution in [3.8, 4) is 0 Å². The Labute approximate surface area is 180 Å². The van der Waals surface area contributed by atoms with Gasteiger partial charge in [0.1, 0.15) is 6.61 Å². The van der Waals surface area contributed by atoms with Crippen LogP contribution in [0.5, 0.6) is 0 Å².